The van der Waals surface area contributed by atoms with Gasteiger partial charge in [-0.2, -0.15) is 15.8 Å². The second-order valence-corrected chi connectivity index (χ2v) is 14.6. The molecule has 4 aliphatic rings. The SMILES string of the molecule is CCCCC1C(CC)C2=C(C=CCC2)N1C1C=CC(C2CC(c3ccc(C#N)cc3-n3c4ccccc4c4cc(C#N)ccc43)=CC=C2C#N)=CC1. The topological polar surface area (TPSA) is 79.5 Å². The van der Waals surface area contributed by atoms with Crippen LogP contribution in [-0.2, 0) is 0 Å². The van der Waals surface area contributed by atoms with E-state index < -0.39 is 0 Å². The first-order valence-corrected chi connectivity index (χ1v) is 18.9. The Morgan fingerprint density at radius 2 is 1.65 bits per heavy atom. The van der Waals surface area contributed by atoms with E-state index in [4.69, 9.17) is 0 Å². The predicted molar refractivity (Wildman–Crippen MR) is 210 cm³/mol. The average Bonchev–Trinajstić information content (AvgIpc) is 3.71. The van der Waals surface area contributed by atoms with Crippen molar-refractivity contribution in [3.05, 3.63) is 142 Å². The van der Waals surface area contributed by atoms with Crippen LogP contribution in [0.2, 0.25) is 0 Å². The van der Waals surface area contributed by atoms with Gasteiger partial charge in [0.25, 0.3) is 0 Å². The molecule has 1 aromatic heterocycles. The molecular weight excluding hydrogens is 635 g/mol. The highest BCUT2D eigenvalue weighted by molar-refractivity contribution is 6.10. The molecular formula is C47H43N5. The molecule has 0 saturated carbocycles. The molecule has 0 saturated heterocycles. The van der Waals surface area contributed by atoms with Gasteiger partial charge in [0.1, 0.15) is 0 Å². The minimum atomic E-state index is -0.0516. The van der Waals surface area contributed by atoms with Crippen molar-refractivity contribution in [1.29, 1.82) is 15.8 Å². The highest BCUT2D eigenvalue weighted by Crippen LogP contribution is 2.47. The number of rotatable bonds is 8. The molecule has 5 nitrogen and oxygen atoms in total. The van der Waals surface area contributed by atoms with Gasteiger partial charge in [-0.1, -0.05) is 81.3 Å². The Labute approximate surface area is 307 Å². The first-order chi connectivity index (χ1) is 25.6. The van der Waals surface area contributed by atoms with E-state index in [0.29, 0.717) is 35.5 Å². The number of nitrogens with zero attached hydrogens (tertiary/aromatic N) is 5. The van der Waals surface area contributed by atoms with Gasteiger partial charge in [0.05, 0.1) is 52.1 Å². The van der Waals surface area contributed by atoms with Crippen LogP contribution >= 0.6 is 0 Å². The fourth-order valence-electron chi connectivity index (χ4n) is 9.36. The van der Waals surface area contributed by atoms with Gasteiger partial charge in [-0.15, -0.1) is 0 Å². The summed E-state index contributed by atoms with van der Waals surface area (Å²) in [6.07, 6.45) is 24.8. The normalized spacial score (nSPS) is 22.4. The third kappa shape index (κ3) is 5.61. The summed E-state index contributed by atoms with van der Waals surface area (Å²) < 4.78 is 2.23. The van der Waals surface area contributed by atoms with E-state index in [9.17, 15) is 15.8 Å². The largest absolute Gasteiger partial charge is 0.361 e. The number of fused-ring (bicyclic) bond motifs is 3. The van der Waals surface area contributed by atoms with Gasteiger partial charge < -0.3 is 9.47 Å². The maximum absolute atomic E-state index is 10.3. The molecule has 5 heteroatoms. The number of benzene rings is 3. The molecule has 3 aliphatic carbocycles. The van der Waals surface area contributed by atoms with Crippen molar-refractivity contribution in [2.75, 3.05) is 0 Å². The summed E-state index contributed by atoms with van der Waals surface area (Å²) in [4.78, 5) is 2.75. The summed E-state index contributed by atoms with van der Waals surface area (Å²) in [7, 11) is 0. The van der Waals surface area contributed by atoms with Crippen LogP contribution in [0.15, 0.2) is 126 Å². The Bertz CT molecular complexity index is 2410. The van der Waals surface area contributed by atoms with Crippen molar-refractivity contribution >= 4 is 27.4 Å². The Hall–Kier alpha value is -5.83. The molecule has 4 aromatic rings. The molecule has 2 heterocycles. The number of aromatic nitrogens is 1. The zero-order valence-corrected chi connectivity index (χ0v) is 30.0. The van der Waals surface area contributed by atoms with E-state index >= 15 is 0 Å². The molecule has 0 N–H and O–H groups in total. The van der Waals surface area contributed by atoms with E-state index in [1.54, 1.807) is 5.57 Å². The van der Waals surface area contributed by atoms with Gasteiger partial charge in [-0.3, -0.25) is 0 Å². The lowest BCUT2D eigenvalue weighted by atomic mass is 9.78. The van der Waals surface area contributed by atoms with Gasteiger partial charge >= 0.3 is 0 Å². The third-order valence-corrected chi connectivity index (χ3v) is 11.8. The van der Waals surface area contributed by atoms with Crippen LogP contribution in [0.4, 0.5) is 0 Å². The lowest BCUT2D eigenvalue weighted by Gasteiger charge is -2.38. The van der Waals surface area contributed by atoms with Crippen molar-refractivity contribution in [2.24, 2.45) is 11.8 Å². The molecule has 4 unspecified atom stereocenters. The minimum absolute atomic E-state index is 0.0516. The number of para-hydroxylation sites is 1. The average molecular weight is 678 g/mol. The van der Waals surface area contributed by atoms with Gasteiger partial charge in [0.15, 0.2) is 0 Å². The molecule has 4 atom stereocenters. The van der Waals surface area contributed by atoms with Crippen LogP contribution in [0.1, 0.15) is 81.9 Å². The predicted octanol–water partition coefficient (Wildman–Crippen LogP) is 11.1. The highest BCUT2D eigenvalue weighted by atomic mass is 15.2. The van der Waals surface area contributed by atoms with E-state index in [2.05, 4.69) is 96.2 Å². The summed E-state index contributed by atoms with van der Waals surface area (Å²) in [5.41, 5.74) is 11.4. The lowest BCUT2D eigenvalue weighted by Crippen LogP contribution is -2.41. The van der Waals surface area contributed by atoms with Crippen molar-refractivity contribution in [3.63, 3.8) is 0 Å². The Morgan fingerprint density at radius 1 is 0.846 bits per heavy atom. The monoisotopic (exact) mass is 677 g/mol. The third-order valence-electron chi connectivity index (χ3n) is 11.8. The van der Waals surface area contributed by atoms with Crippen LogP contribution in [0.5, 0.6) is 0 Å². The number of hydrogen-bond donors (Lipinski definition) is 0. The zero-order chi connectivity index (χ0) is 35.8. The van der Waals surface area contributed by atoms with E-state index in [1.807, 2.05) is 48.5 Å². The van der Waals surface area contributed by atoms with Crippen LogP contribution < -0.4 is 0 Å². The maximum Gasteiger partial charge on any atom is 0.0992 e. The molecule has 52 heavy (non-hydrogen) atoms. The van der Waals surface area contributed by atoms with Gasteiger partial charge in [0.2, 0.25) is 0 Å². The number of nitriles is 3. The van der Waals surface area contributed by atoms with Gasteiger partial charge in [0, 0.05) is 45.5 Å². The quantitative estimate of drug-likeness (QED) is 0.186. The zero-order valence-electron chi connectivity index (χ0n) is 30.0. The second kappa shape index (κ2) is 14.1. The molecule has 0 radical (unpaired) electrons. The molecule has 0 bridgehead atoms. The van der Waals surface area contributed by atoms with Gasteiger partial charge in [-0.25, -0.2) is 0 Å². The van der Waals surface area contributed by atoms with Crippen LogP contribution in [0, 0.1) is 45.8 Å². The smallest absolute Gasteiger partial charge is 0.0992 e. The molecule has 0 fully saturated rings. The maximum atomic E-state index is 10.3. The molecule has 0 amide bonds. The van der Waals surface area contributed by atoms with Crippen LogP contribution in [-0.4, -0.2) is 21.6 Å². The fraction of sp³-hybridized carbons (Fsp3) is 0.298. The van der Waals surface area contributed by atoms with Crippen molar-refractivity contribution < 1.29 is 0 Å². The summed E-state index contributed by atoms with van der Waals surface area (Å²) in [6, 6.07) is 28.0. The fourth-order valence-corrected chi connectivity index (χ4v) is 9.36. The summed E-state index contributed by atoms with van der Waals surface area (Å²) in [5.74, 6) is 0.582. The van der Waals surface area contributed by atoms with Crippen molar-refractivity contribution in [1.82, 2.24) is 9.47 Å². The number of unbranched alkanes of at least 4 members (excludes halogenated alkanes) is 1. The summed E-state index contributed by atoms with van der Waals surface area (Å²) in [5, 5.41) is 32.1. The standard InChI is InChI=1S/C47H43N5/c1-3-5-12-43-37(4-2)39-10-6-8-13-44(39)51(43)36-21-19-33(20-22-36)41-27-34(17-18-35(41)30-50)38-23-15-32(29-49)26-47(38)52-45-14-9-7-11-40(45)42-25-31(28-48)16-24-46(42)52/h7-9,11,13-21,23-26,36-37,41,43H,3-6,10,12,22,27H2,1-2H3. The Kier molecular flexibility index (Phi) is 9.01. The van der Waals surface area contributed by atoms with Crippen LogP contribution in [0.25, 0.3) is 33.1 Å². The first kappa shape index (κ1) is 33.3. The van der Waals surface area contributed by atoms with E-state index in [0.717, 1.165) is 57.0 Å². The first-order valence-electron chi connectivity index (χ1n) is 18.9. The number of allylic oxidation sites excluding steroid dienone is 8. The minimum Gasteiger partial charge on any atom is -0.361 e. The molecule has 8 rings (SSSR count). The van der Waals surface area contributed by atoms with Gasteiger partial charge in [-0.05, 0) is 104 Å². The summed E-state index contributed by atoms with van der Waals surface area (Å²) in [6.45, 7) is 4.66. The lowest BCUT2D eigenvalue weighted by molar-refractivity contribution is 0.189. The molecule has 3 aromatic carbocycles. The number of hydrogen-bond acceptors (Lipinski definition) is 4. The summed E-state index contributed by atoms with van der Waals surface area (Å²) >= 11 is 0. The Balaban J connectivity index is 1.14. The highest BCUT2D eigenvalue weighted by Gasteiger charge is 2.41. The molecule has 256 valence electrons. The molecule has 0 spiro atoms. The van der Waals surface area contributed by atoms with Crippen molar-refractivity contribution in [3.8, 4) is 23.9 Å². The van der Waals surface area contributed by atoms with Crippen molar-refractivity contribution in [2.45, 2.75) is 77.3 Å². The second-order valence-electron chi connectivity index (χ2n) is 14.6. The molecule has 1 aliphatic heterocycles. The Morgan fingerprint density at radius 3 is 2.42 bits per heavy atom. The van der Waals surface area contributed by atoms with E-state index in [1.165, 1.54) is 43.4 Å². The van der Waals surface area contributed by atoms with E-state index in [-0.39, 0.29) is 5.92 Å². The van der Waals surface area contributed by atoms with Crippen LogP contribution in [0.3, 0.4) is 0 Å².